The minimum atomic E-state index is -0.392. The highest BCUT2D eigenvalue weighted by molar-refractivity contribution is 5.17. The second-order valence-electron chi connectivity index (χ2n) is 4.27. The van der Waals surface area contributed by atoms with Gasteiger partial charge < -0.3 is 15.0 Å². The number of benzene rings is 1. The molecule has 0 aliphatic heterocycles. The van der Waals surface area contributed by atoms with E-state index in [0.717, 1.165) is 12.1 Å². The van der Waals surface area contributed by atoms with Gasteiger partial charge in [0, 0.05) is 13.2 Å². The third-order valence-electron chi connectivity index (χ3n) is 2.98. The first kappa shape index (κ1) is 11.9. The average Bonchev–Trinajstić information content (AvgIpc) is 2.76. The average molecular weight is 231 g/mol. The monoisotopic (exact) mass is 231 g/mol. The number of quaternary nitrogens is 1. The summed E-state index contributed by atoms with van der Waals surface area (Å²) in [4.78, 5) is 0. The quantitative estimate of drug-likeness (QED) is 0.786. The summed E-state index contributed by atoms with van der Waals surface area (Å²) in [5.74, 6) is 0. The van der Waals surface area contributed by atoms with E-state index in [1.54, 1.807) is 0 Å². The maximum absolute atomic E-state index is 9.98. The molecule has 0 amide bonds. The summed E-state index contributed by atoms with van der Waals surface area (Å²) in [6.07, 6.45) is 1.65. The van der Waals surface area contributed by atoms with Gasteiger partial charge in [-0.2, -0.15) is 0 Å². The Balaban J connectivity index is 1.81. The molecule has 0 aliphatic carbocycles. The van der Waals surface area contributed by atoms with Crippen LogP contribution in [-0.4, -0.2) is 16.2 Å². The Morgan fingerprint density at radius 3 is 2.59 bits per heavy atom. The molecule has 0 fully saturated rings. The molecule has 3 nitrogen and oxygen atoms in total. The number of hydrogen-bond donors (Lipinski definition) is 2. The van der Waals surface area contributed by atoms with Crippen LogP contribution in [0.25, 0.3) is 0 Å². The normalized spacial score (nSPS) is 12.6. The standard InChI is InChI=1S/C14H18N2O/c1-16-9-5-8-13(16)10-15-11-14(17)12-6-3-2-4-7-12/h2-9,14-15,17H,10-11H2,1H3/p+1/t14-/m1/s1. The van der Waals surface area contributed by atoms with Crippen molar-refractivity contribution in [1.82, 2.24) is 4.57 Å². The summed E-state index contributed by atoms with van der Waals surface area (Å²) in [6.45, 7) is 1.59. The van der Waals surface area contributed by atoms with Gasteiger partial charge in [0.1, 0.15) is 19.2 Å². The highest BCUT2D eigenvalue weighted by atomic mass is 16.3. The molecule has 90 valence electrons. The lowest BCUT2D eigenvalue weighted by molar-refractivity contribution is -0.678. The summed E-state index contributed by atoms with van der Waals surface area (Å²) in [6, 6.07) is 13.9. The van der Waals surface area contributed by atoms with Crippen molar-refractivity contribution >= 4 is 0 Å². The van der Waals surface area contributed by atoms with Gasteiger partial charge in [-0.15, -0.1) is 0 Å². The van der Waals surface area contributed by atoms with Gasteiger partial charge in [-0.1, -0.05) is 30.3 Å². The van der Waals surface area contributed by atoms with Gasteiger partial charge >= 0.3 is 0 Å². The van der Waals surface area contributed by atoms with Crippen molar-refractivity contribution in [3.63, 3.8) is 0 Å². The lowest BCUT2D eigenvalue weighted by Gasteiger charge is -2.10. The number of nitrogens with two attached hydrogens (primary N) is 1. The molecule has 1 heterocycles. The minimum absolute atomic E-state index is 0.392. The van der Waals surface area contributed by atoms with Crippen LogP contribution in [0.1, 0.15) is 17.4 Å². The predicted molar refractivity (Wildman–Crippen MR) is 67.3 cm³/mol. The molecule has 0 radical (unpaired) electrons. The largest absolute Gasteiger partial charge is 0.382 e. The molecule has 1 aromatic carbocycles. The van der Waals surface area contributed by atoms with E-state index in [2.05, 4.69) is 16.0 Å². The van der Waals surface area contributed by atoms with E-state index >= 15 is 0 Å². The number of hydrogen-bond acceptors (Lipinski definition) is 1. The fraction of sp³-hybridized carbons (Fsp3) is 0.286. The molecule has 1 aromatic heterocycles. The molecule has 0 saturated heterocycles. The maximum atomic E-state index is 9.98. The van der Waals surface area contributed by atoms with Gasteiger partial charge in [0.05, 0.1) is 5.69 Å². The van der Waals surface area contributed by atoms with Crippen molar-refractivity contribution in [2.24, 2.45) is 7.05 Å². The van der Waals surface area contributed by atoms with Crippen molar-refractivity contribution in [2.45, 2.75) is 12.6 Å². The summed E-state index contributed by atoms with van der Waals surface area (Å²) >= 11 is 0. The van der Waals surface area contributed by atoms with Crippen molar-refractivity contribution in [2.75, 3.05) is 6.54 Å². The lowest BCUT2D eigenvalue weighted by atomic mass is 10.1. The van der Waals surface area contributed by atoms with Gasteiger partial charge in [0.2, 0.25) is 0 Å². The zero-order chi connectivity index (χ0) is 12.1. The fourth-order valence-electron chi connectivity index (χ4n) is 1.91. The van der Waals surface area contributed by atoms with Crippen LogP contribution < -0.4 is 5.32 Å². The SMILES string of the molecule is Cn1cccc1C[NH2+]C[C@@H](O)c1ccccc1. The van der Waals surface area contributed by atoms with Crippen LogP contribution in [0, 0.1) is 0 Å². The van der Waals surface area contributed by atoms with Crippen LogP contribution in [0.5, 0.6) is 0 Å². The number of nitrogens with zero attached hydrogens (tertiary/aromatic N) is 1. The molecule has 1 atom stereocenters. The molecular weight excluding hydrogens is 212 g/mol. The molecule has 3 heteroatoms. The summed E-state index contributed by atoms with van der Waals surface area (Å²) in [5, 5.41) is 12.1. The van der Waals surface area contributed by atoms with E-state index in [9.17, 15) is 5.11 Å². The second-order valence-corrected chi connectivity index (χ2v) is 4.27. The van der Waals surface area contributed by atoms with Crippen LogP contribution in [0.15, 0.2) is 48.7 Å². The van der Waals surface area contributed by atoms with Crippen LogP contribution in [-0.2, 0) is 13.6 Å². The molecule has 2 aromatic rings. The summed E-state index contributed by atoms with van der Waals surface area (Å²) in [5.41, 5.74) is 2.25. The zero-order valence-corrected chi connectivity index (χ0v) is 10.1. The van der Waals surface area contributed by atoms with Gasteiger partial charge in [0.15, 0.2) is 0 Å². The number of aliphatic hydroxyl groups excluding tert-OH is 1. The number of aryl methyl sites for hydroxylation is 1. The molecule has 0 unspecified atom stereocenters. The van der Waals surface area contributed by atoms with E-state index in [-0.39, 0.29) is 0 Å². The molecule has 3 N–H and O–H groups in total. The first-order valence-corrected chi connectivity index (χ1v) is 5.92. The van der Waals surface area contributed by atoms with Crippen molar-refractivity contribution in [1.29, 1.82) is 0 Å². The molecule has 0 spiro atoms. The van der Waals surface area contributed by atoms with Gasteiger partial charge in [0.25, 0.3) is 0 Å². The first-order valence-electron chi connectivity index (χ1n) is 5.92. The van der Waals surface area contributed by atoms with Crippen LogP contribution >= 0.6 is 0 Å². The van der Waals surface area contributed by atoms with Crippen molar-refractivity contribution in [3.05, 3.63) is 59.9 Å². The van der Waals surface area contributed by atoms with E-state index in [4.69, 9.17) is 0 Å². The molecular formula is C14H19N2O+. The third kappa shape index (κ3) is 3.19. The number of aliphatic hydroxyl groups is 1. The van der Waals surface area contributed by atoms with Gasteiger partial charge in [-0.25, -0.2) is 0 Å². The third-order valence-corrected chi connectivity index (χ3v) is 2.98. The van der Waals surface area contributed by atoms with Crippen molar-refractivity contribution < 1.29 is 10.4 Å². The molecule has 2 rings (SSSR count). The van der Waals surface area contributed by atoms with E-state index in [1.165, 1.54) is 5.69 Å². The Morgan fingerprint density at radius 1 is 1.18 bits per heavy atom. The van der Waals surface area contributed by atoms with Crippen LogP contribution in [0.3, 0.4) is 0 Å². The predicted octanol–water partition coefficient (Wildman–Crippen LogP) is 0.822. The number of aromatic nitrogens is 1. The summed E-state index contributed by atoms with van der Waals surface area (Å²) < 4.78 is 2.10. The minimum Gasteiger partial charge on any atom is -0.382 e. The summed E-state index contributed by atoms with van der Waals surface area (Å²) in [7, 11) is 2.04. The molecule has 17 heavy (non-hydrogen) atoms. The van der Waals surface area contributed by atoms with Crippen LogP contribution in [0.4, 0.5) is 0 Å². The zero-order valence-electron chi connectivity index (χ0n) is 10.1. The Labute approximate surface area is 102 Å². The van der Waals surface area contributed by atoms with E-state index < -0.39 is 6.10 Å². The maximum Gasteiger partial charge on any atom is 0.128 e. The van der Waals surface area contributed by atoms with Gasteiger partial charge in [-0.05, 0) is 17.7 Å². The Kier molecular flexibility index (Phi) is 3.96. The fourth-order valence-corrected chi connectivity index (χ4v) is 1.91. The highest BCUT2D eigenvalue weighted by Gasteiger charge is 2.09. The van der Waals surface area contributed by atoms with E-state index in [1.807, 2.05) is 49.6 Å². The molecule has 0 saturated carbocycles. The Morgan fingerprint density at radius 2 is 1.94 bits per heavy atom. The topological polar surface area (TPSA) is 41.8 Å². The smallest absolute Gasteiger partial charge is 0.128 e. The van der Waals surface area contributed by atoms with Crippen LogP contribution in [0.2, 0.25) is 0 Å². The second kappa shape index (κ2) is 5.66. The molecule has 0 bridgehead atoms. The van der Waals surface area contributed by atoms with Gasteiger partial charge in [-0.3, -0.25) is 0 Å². The Bertz CT molecular complexity index is 450. The number of rotatable bonds is 5. The van der Waals surface area contributed by atoms with Crippen molar-refractivity contribution in [3.8, 4) is 0 Å². The van der Waals surface area contributed by atoms with E-state index in [0.29, 0.717) is 6.54 Å². The highest BCUT2D eigenvalue weighted by Crippen LogP contribution is 2.09. The molecule has 0 aliphatic rings. The lowest BCUT2D eigenvalue weighted by Crippen LogP contribution is -2.83. The Hall–Kier alpha value is -1.58. The first-order chi connectivity index (χ1) is 8.27.